The molecule has 90 valence electrons. The van der Waals surface area contributed by atoms with Crippen molar-refractivity contribution in [1.82, 2.24) is 0 Å². The van der Waals surface area contributed by atoms with Crippen molar-refractivity contribution in [3.05, 3.63) is 53.6 Å². The van der Waals surface area contributed by atoms with Gasteiger partial charge in [-0.05, 0) is 42.8 Å². The van der Waals surface area contributed by atoms with Gasteiger partial charge in [-0.15, -0.1) is 0 Å². The molecule has 3 nitrogen and oxygen atoms in total. The van der Waals surface area contributed by atoms with Gasteiger partial charge < -0.3 is 9.47 Å². The molecule has 0 aliphatic carbocycles. The Balaban J connectivity index is 2.28. The van der Waals surface area contributed by atoms with E-state index >= 15 is 0 Å². The summed E-state index contributed by atoms with van der Waals surface area (Å²) < 4.78 is 10.9. The van der Waals surface area contributed by atoms with E-state index in [4.69, 9.17) is 14.7 Å². The van der Waals surface area contributed by atoms with Gasteiger partial charge in [0.15, 0.2) is 0 Å². The largest absolute Gasteiger partial charge is 0.497 e. The summed E-state index contributed by atoms with van der Waals surface area (Å²) >= 11 is 0. The molecule has 2 aromatic carbocycles. The summed E-state index contributed by atoms with van der Waals surface area (Å²) in [4.78, 5) is 0. The van der Waals surface area contributed by atoms with E-state index in [-0.39, 0.29) is 0 Å². The van der Waals surface area contributed by atoms with Crippen LogP contribution in [0, 0.1) is 18.3 Å². The monoisotopic (exact) mass is 239 g/mol. The smallest absolute Gasteiger partial charge is 0.131 e. The van der Waals surface area contributed by atoms with Crippen molar-refractivity contribution >= 4 is 0 Å². The molecule has 0 aromatic heterocycles. The lowest BCUT2D eigenvalue weighted by Crippen LogP contribution is -1.89. The first kappa shape index (κ1) is 12.0. The van der Waals surface area contributed by atoms with E-state index in [9.17, 15) is 0 Å². The minimum absolute atomic E-state index is 0.576. The Morgan fingerprint density at radius 1 is 1.00 bits per heavy atom. The molecule has 0 amide bonds. The Bertz CT molecular complexity index is 600. The second-order valence-corrected chi connectivity index (χ2v) is 3.93. The highest BCUT2D eigenvalue weighted by atomic mass is 16.5. The number of nitrogens with zero attached hydrogens (tertiary/aromatic N) is 1. The standard InChI is InChI=1S/C15H13NO2/c1-11-6-14(17-2)9-15(7-11)18-13-5-3-4-12(8-13)10-16/h3-9H,1-2H3. The van der Waals surface area contributed by atoms with Crippen molar-refractivity contribution in [3.8, 4) is 23.3 Å². The molecule has 0 heterocycles. The van der Waals surface area contributed by atoms with Gasteiger partial charge in [-0.1, -0.05) is 6.07 Å². The summed E-state index contributed by atoms with van der Waals surface area (Å²) in [7, 11) is 1.62. The van der Waals surface area contributed by atoms with E-state index in [1.807, 2.05) is 31.2 Å². The predicted octanol–water partition coefficient (Wildman–Crippen LogP) is 3.67. The van der Waals surface area contributed by atoms with Crippen LogP contribution in [-0.2, 0) is 0 Å². The molecule has 2 rings (SSSR count). The van der Waals surface area contributed by atoms with Crippen molar-refractivity contribution in [2.24, 2.45) is 0 Å². The highest BCUT2D eigenvalue weighted by Gasteiger charge is 2.02. The average molecular weight is 239 g/mol. The fourth-order valence-corrected chi connectivity index (χ4v) is 1.66. The van der Waals surface area contributed by atoms with Gasteiger partial charge in [-0.3, -0.25) is 0 Å². The Morgan fingerprint density at radius 3 is 2.50 bits per heavy atom. The summed E-state index contributed by atoms with van der Waals surface area (Å²) in [6.45, 7) is 1.97. The zero-order valence-corrected chi connectivity index (χ0v) is 10.3. The number of rotatable bonds is 3. The van der Waals surface area contributed by atoms with Crippen molar-refractivity contribution in [1.29, 1.82) is 5.26 Å². The van der Waals surface area contributed by atoms with Crippen LogP contribution in [0.2, 0.25) is 0 Å². The lowest BCUT2D eigenvalue weighted by atomic mass is 10.2. The summed E-state index contributed by atoms with van der Waals surface area (Å²) in [6, 6.07) is 14.8. The molecule has 0 unspecified atom stereocenters. The highest BCUT2D eigenvalue weighted by molar-refractivity contribution is 5.42. The summed E-state index contributed by atoms with van der Waals surface area (Å²) in [5.74, 6) is 2.09. The second-order valence-electron chi connectivity index (χ2n) is 3.93. The molecular weight excluding hydrogens is 226 g/mol. The first-order valence-corrected chi connectivity index (χ1v) is 5.55. The summed E-state index contributed by atoms with van der Waals surface area (Å²) in [5.41, 5.74) is 1.63. The van der Waals surface area contributed by atoms with E-state index < -0.39 is 0 Å². The SMILES string of the molecule is COc1cc(C)cc(Oc2cccc(C#N)c2)c1. The summed E-state index contributed by atoms with van der Waals surface area (Å²) in [5, 5.41) is 8.83. The van der Waals surface area contributed by atoms with Gasteiger partial charge in [0.1, 0.15) is 17.2 Å². The third-order valence-electron chi connectivity index (χ3n) is 2.46. The summed E-state index contributed by atoms with van der Waals surface area (Å²) in [6.07, 6.45) is 0. The molecule has 2 aromatic rings. The van der Waals surface area contributed by atoms with Gasteiger partial charge in [0.2, 0.25) is 0 Å². The average Bonchev–Trinajstić information content (AvgIpc) is 2.38. The highest BCUT2D eigenvalue weighted by Crippen LogP contribution is 2.27. The maximum Gasteiger partial charge on any atom is 0.131 e. The van der Waals surface area contributed by atoms with Crippen LogP contribution in [0.1, 0.15) is 11.1 Å². The Hall–Kier alpha value is -2.47. The molecule has 0 aliphatic rings. The minimum atomic E-state index is 0.576. The molecule has 0 spiro atoms. The minimum Gasteiger partial charge on any atom is -0.497 e. The lowest BCUT2D eigenvalue weighted by Gasteiger charge is -2.09. The molecule has 18 heavy (non-hydrogen) atoms. The van der Waals surface area contributed by atoms with Crippen molar-refractivity contribution in [3.63, 3.8) is 0 Å². The molecule has 0 saturated heterocycles. The van der Waals surface area contributed by atoms with Crippen molar-refractivity contribution in [2.45, 2.75) is 6.92 Å². The molecule has 0 aliphatic heterocycles. The zero-order valence-electron chi connectivity index (χ0n) is 10.3. The number of ether oxygens (including phenoxy) is 2. The second kappa shape index (κ2) is 5.24. The van der Waals surface area contributed by atoms with Crippen LogP contribution in [0.3, 0.4) is 0 Å². The van der Waals surface area contributed by atoms with E-state index in [1.54, 1.807) is 25.3 Å². The predicted molar refractivity (Wildman–Crippen MR) is 69.0 cm³/mol. The van der Waals surface area contributed by atoms with Crippen molar-refractivity contribution < 1.29 is 9.47 Å². The third-order valence-corrected chi connectivity index (χ3v) is 2.46. The molecule has 0 bridgehead atoms. The van der Waals surface area contributed by atoms with Crippen LogP contribution >= 0.6 is 0 Å². The Morgan fingerprint density at radius 2 is 1.78 bits per heavy atom. The van der Waals surface area contributed by atoms with Gasteiger partial charge in [-0.2, -0.15) is 5.26 Å². The first-order chi connectivity index (χ1) is 8.71. The van der Waals surface area contributed by atoms with E-state index in [0.717, 1.165) is 11.3 Å². The fourth-order valence-electron chi connectivity index (χ4n) is 1.66. The normalized spacial score (nSPS) is 9.61. The van der Waals surface area contributed by atoms with Gasteiger partial charge in [0.25, 0.3) is 0 Å². The molecule has 0 saturated carbocycles. The third kappa shape index (κ3) is 2.80. The number of nitriles is 1. The maximum atomic E-state index is 8.83. The van der Waals surface area contributed by atoms with Crippen molar-refractivity contribution in [2.75, 3.05) is 7.11 Å². The first-order valence-electron chi connectivity index (χ1n) is 5.55. The number of methoxy groups -OCH3 is 1. The van der Waals surface area contributed by atoms with Gasteiger partial charge in [0.05, 0.1) is 18.7 Å². The van der Waals surface area contributed by atoms with Gasteiger partial charge >= 0.3 is 0 Å². The van der Waals surface area contributed by atoms with Crippen LogP contribution in [0.25, 0.3) is 0 Å². The number of aryl methyl sites for hydroxylation is 1. The van der Waals surface area contributed by atoms with Gasteiger partial charge in [0, 0.05) is 6.07 Å². The fraction of sp³-hybridized carbons (Fsp3) is 0.133. The Labute approximate surface area is 106 Å². The van der Waals surface area contributed by atoms with Crippen LogP contribution in [-0.4, -0.2) is 7.11 Å². The lowest BCUT2D eigenvalue weighted by molar-refractivity contribution is 0.408. The molecule has 0 N–H and O–H groups in total. The quantitative estimate of drug-likeness (QED) is 0.820. The maximum absolute atomic E-state index is 8.83. The molecular formula is C15H13NO2. The van der Waals surface area contributed by atoms with E-state index in [2.05, 4.69) is 6.07 Å². The number of hydrogen-bond acceptors (Lipinski definition) is 3. The van der Waals surface area contributed by atoms with Gasteiger partial charge in [-0.25, -0.2) is 0 Å². The molecule has 3 heteroatoms. The molecule has 0 atom stereocenters. The van der Waals surface area contributed by atoms with Crippen LogP contribution < -0.4 is 9.47 Å². The Kier molecular flexibility index (Phi) is 3.49. The molecule has 0 radical (unpaired) electrons. The van der Waals surface area contributed by atoms with Crippen LogP contribution in [0.5, 0.6) is 17.2 Å². The number of benzene rings is 2. The van der Waals surface area contributed by atoms with E-state index in [0.29, 0.717) is 17.1 Å². The molecule has 0 fully saturated rings. The number of hydrogen-bond donors (Lipinski definition) is 0. The van der Waals surface area contributed by atoms with E-state index in [1.165, 1.54) is 0 Å². The van der Waals surface area contributed by atoms with Crippen LogP contribution in [0.4, 0.5) is 0 Å². The topological polar surface area (TPSA) is 42.2 Å². The van der Waals surface area contributed by atoms with Crippen LogP contribution in [0.15, 0.2) is 42.5 Å². The zero-order chi connectivity index (χ0) is 13.0.